The number of carbonyl (C=O) groups excluding carboxylic acids is 2. The lowest BCUT2D eigenvalue weighted by atomic mass is 10.1. The van der Waals surface area contributed by atoms with Gasteiger partial charge in [-0.15, -0.1) is 0 Å². The summed E-state index contributed by atoms with van der Waals surface area (Å²) in [5, 5.41) is 3.26. The summed E-state index contributed by atoms with van der Waals surface area (Å²) in [5.41, 5.74) is 1.46. The normalized spacial score (nSPS) is 12.0. The van der Waals surface area contributed by atoms with Gasteiger partial charge in [-0.1, -0.05) is 55.8 Å². The average Bonchev–Trinajstić information content (AvgIpc) is 2.92. The minimum Gasteiger partial charge on any atom is -0.354 e. The van der Waals surface area contributed by atoms with Crippen LogP contribution in [0.5, 0.6) is 0 Å². The van der Waals surface area contributed by atoms with Gasteiger partial charge in [0.05, 0.1) is 10.6 Å². The molecule has 0 spiro atoms. The van der Waals surface area contributed by atoms with E-state index < -0.39 is 34.3 Å². The summed E-state index contributed by atoms with van der Waals surface area (Å²) in [6.45, 7) is 5.29. The summed E-state index contributed by atoms with van der Waals surface area (Å²) >= 11 is 6.13. The fourth-order valence-corrected chi connectivity index (χ4v) is 5.93. The number of hydrogen-bond acceptors (Lipinski definition) is 4. The van der Waals surface area contributed by atoms with Crippen molar-refractivity contribution in [3.8, 4) is 0 Å². The average molecular weight is 574 g/mol. The Kier molecular flexibility index (Phi) is 10.5. The number of carbonyl (C=O) groups is 2. The topological polar surface area (TPSA) is 86.8 Å². The van der Waals surface area contributed by atoms with Crippen molar-refractivity contribution in [2.45, 2.75) is 51.1 Å². The molecule has 0 heterocycles. The van der Waals surface area contributed by atoms with Gasteiger partial charge in [-0.3, -0.25) is 13.9 Å². The van der Waals surface area contributed by atoms with Crippen molar-refractivity contribution in [2.24, 2.45) is 0 Å². The van der Waals surface area contributed by atoms with Crippen LogP contribution in [0.2, 0.25) is 5.02 Å². The Labute approximate surface area is 234 Å². The van der Waals surface area contributed by atoms with Crippen LogP contribution in [0, 0.1) is 12.7 Å². The van der Waals surface area contributed by atoms with Crippen molar-refractivity contribution in [1.29, 1.82) is 0 Å². The van der Waals surface area contributed by atoms with Gasteiger partial charge in [-0.05, 0) is 73.4 Å². The monoisotopic (exact) mass is 573 g/mol. The number of halogens is 2. The molecule has 10 heteroatoms. The molecule has 1 N–H and O–H groups in total. The van der Waals surface area contributed by atoms with Gasteiger partial charge in [0.15, 0.2) is 0 Å². The molecule has 3 rings (SSSR count). The van der Waals surface area contributed by atoms with Crippen LogP contribution in [0.1, 0.15) is 37.8 Å². The molecule has 0 aromatic heterocycles. The largest absolute Gasteiger partial charge is 0.354 e. The van der Waals surface area contributed by atoms with Crippen molar-refractivity contribution in [2.75, 3.05) is 17.4 Å². The van der Waals surface area contributed by atoms with E-state index in [2.05, 4.69) is 5.32 Å². The number of aryl methyl sites for hydroxylation is 1. The maximum atomic E-state index is 14.0. The van der Waals surface area contributed by atoms with Crippen molar-refractivity contribution in [3.63, 3.8) is 0 Å². The van der Waals surface area contributed by atoms with Crippen LogP contribution < -0.4 is 9.62 Å². The summed E-state index contributed by atoms with van der Waals surface area (Å²) in [4.78, 5) is 28.4. The Bertz CT molecular complexity index is 1390. The lowest BCUT2D eigenvalue weighted by molar-refractivity contribution is -0.140. The van der Waals surface area contributed by atoms with E-state index in [0.29, 0.717) is 41.2 Å². The van der Waals surface area contributed by atoms with E-state index in [1.54, 1.807) is 50.2 Å². The molecule has 2 amide bonds. The minimum atomic E-state index is -4.17. The molecule has 0 saturated carbocycles. The van der Waals surface area contributed by atoms with Crippen LogP contribution in [0.3, 0.4) is 0 Å². The predicted octanol–water partition coefficient (Wildman–Crippen LogP) is 5.32. The number of nitrogens with one attached hydrogen (secondary N) is 1. The molecule has 0 fully saturated rings. The number of benzene rings is 3. The van der Waals surface area contributed by atoms with Gasteiger partial charge in [0.2, 0.25) is 11.8 Å². The predicted molar refractivity (Wildman–Crippen MR) is 151 cm³/mol. The zero-order chi connectivity index (χ0) is 28.6. The van der Waals surface area contributed by atoms with Crippen molar-refractivity contribution >= 4 is 39.1 Å². The maximum Gasteiger partial charge on any atom is 0.264 e. The molecule has 0 aliphatic carbocycles. The smallest absolute Gasteiger partial charge is 0.264 e. The van der Waals surface area contributed by atoms with E-state index in [1.807, 2.05) is 6.92 Å². The number of anilines is 1. The Morgan fingerprint density at radius 1 is 1.00 bits per heavy atom. The van der Waals surface area contributed by atoms with Gasteiger partial charge in [0.1, 0.15) is 18.4 Å². The second-order valence-corrected chi connectivity index (χ2v) is 11.4. The van der Waals surface area contributed by atoms with Crippen LogP contribution in [-0.4, -0.2) is 44.3 Å². The lowest BCUT2D eigenvalue weighted by Gasteiger charge is -2.33. The summed E-state index contributed by atoms with van der Waals surface area (Å²) < 4.78 is 42.3. The van der Waals surface area contributed by atoms with Crippen LogP contribution in [0.15, 0.2) is 77.7 Å². The molecule has 3 aromatic carbocycles. The highest BCUT2D eigenvalue weighted by atomic mass is 35.5. The Morgan fingerprint density at radius 3 is 2.26 bits per heavy atom. The first-order valence-corrected chi connectivity index (χ1v) is 14.6. The Balaban J connectivity index is 2.07. The quantitative estimate of drug-likeness (QED) is 0.318. The number of hydrogen-bond donors (Lipinski definition) is 1. The Hall–Kier alpha value is -3.43. The Morgan fingerprint density at radius 2 is 1.67 bits per heavy atom. The van der Waals surface area contributed by atoms with Gasteiger partial charge in [0, 0.05) is 18.1 Å². The van der Waals surface area contributed by atoms with Crippen molar-refractivity contribution in [1.82, 2.24) is 10.2 Å². The molecule has 208 valence electrons. The van der Waals surface area contributed by atoms with Gasteiger partial charge < -0.3 is 10.2 Å². The number of nitrogens with zero attached hydrogens (tertiary/aromatic N) is 2. The zero-order valence-corrected chi connectivity index (χ0v) is 23.8. The molecular weight excluding hydrogens is 541 g/mol. The van der Waals surface area contributed by atoms with E-state index in [4.69, 9.17) is 11.6 Å². The molecule has 0 radical (unpaired) electrons. The van der Waals surface area contributed by atoms with Crippen molar-refractivity contribution < 1.29 is 22.4 Å². The van der Waals surface area contributed by atoms with Gasteiger partial charge >= 0.3 is 0 Å². The second kappa shape index (κ2) is 13.6. The third-order valence-electron chi connectivity index (χ3n) is 6.24. The van der Waals surface area contributed by atoms with E-state index >= 15 is 0 Å². The van der Waals surface area contributed by atoms with E-state index in [1.165, 1.54) is 41.3 Å². The number of amides is 2. The first-order valence-electron chi connectivity index (χ1n) is 12.7. The third kappa shape index (κ3) is 7.58. The van der Waals surface area contributed by atoms with Crippen LogP contribution >= 0.6 is 11.6 Å². The first kappa shape index (κ1) is 30.1. The molecule has 0 saturated heterocycles. The SMILES string of the molecule is CCCNC(=O)[C@@H](CC)N(Cc1ccc(F)cc1)C(=O)CN(c1ccc(Cl)cc1C)S(=O)(=O)c1ccccc1. The van der Waals surface area contributed by atoms with E-state index in [9.17, 15) is 22.4 Å². The molecule has 39 heavy (non-hydrogen) atoms. The fourth-order valence-electron chi connectivity index (χ4n) is 4.20. The fraction of sp³-hybridized carbons (Fsp3) is 0.310. The lowest BCUT2D eigenvalue weighted by Crippen LogP contribution is -2.52. The molecule has 0 aliphatic heterocycles. The summed E-state index contributed by atoms with van der Waals surface area (Å²) in [6.07, 6.45) is 1.01. The maximum absolute atomic E-state index is 14.0. The zero-order valence-electron chi connectivity index (χ0n) is 22.2. The van der Waals surface area contributed by atoms with E-state index in [0.717, 1.165) is 4.31 Å². The van der Waals surface area contributed by atoms with Crippen molar-refractivity contribution in [3.05, 3.63) is 94.8 Å². The summed E-state index contributed by atoms with van der Waals surface area (Å²) in [6, 6.07) is 17.3. The van der Waals surface area contributed by atoms with Gasteiger partial charge in [0.25, 0.3) is 10.0 Å². The molecule has 0 bridgehead atoms. The van der Waals surface area contributed by atoms with E-state index in [-0.39, 0.29) is 17.3 Å². The number of sulfonamides is 1. The highest BCUT2D eigenvalue weighted by molar-refractivity contribution is 7.92. The molecule has 0 unspecified atom stereocenters. The molecular formula is C29H33ClFN3O4S. The second-order valence-electron chi connectivity index (χ2n) is 9.12. The minimum absolute atomic E-state index is 0.00398. The van der Waals surface area contributed by atoms with Gasteiger partial charge in [-0.25, -0.2) is 12.8 Å². The molecule has 1 atom stereocenters. The van der Waals surface area contributed by atoms with Crippen LogP contribution in [0.25, 0.3) is 0 Å². The molecule has 0 aliphatic rings. The van der Waals surface area contributed by atoms with Crippen LogP contribution in [-0.2, 0) is 26.2 Å². The highest BCUT2D eigenvalue weighted by Crippen LogP contribution is 2.29. The third-order valence-corrected chi connectivity index (χ3v) is 8.25. The standard InChI is InChI=1S/C29H33ClFN3O4S/c1-4-17-32-29(36)26(5-2)33(19-22-11-14-24(31)15-12-22)28(35)20-34(27-16-13-23(30)18-21(27)3)39(37,38)25-9-7-6-8-10-25/h6-16,18,26H,4-5,17,19-20H2,1-3H3,(H,32,36)/t26-/m1/s1. The van der Waals surface area contributed by atoms with Gasteiger partial charge in [-0.2, -0.15) is 0 Å². The molecule has 7 nitrogen and oxygen atoms in total. The summed E-state index contributed by atoms with van der Waals surface area (Å²) in [5.74, 6) is -1.34. The summed E-state index contributed by atoms with van der Waals surface area (Å²) in [7, 11) is -4.17. The van der Waals surface area contributed by atoms with Crippen LogP contribution in [0.4, 0.5) is 10.1 Å². The highest BCUT2D eigenvalue weighted by Gasteiger charge is 2.34. The first-order chi connectivity index (χ1) is 18.6. The molecule has 3 aromatic rings. The number of rotatable bonds is 12.